The summed E-state index contributed by atoms with van der Waals surface area (Å²) in [5.41, 5.74) is 6.42. The van der Waals surface area contributed by atoms with Gasteiger partial charge in [-0.1, -0.05) is 0 Å². The van der Waals surface area contributed by atoms with E-state index in [1.807, 2.05) is 6.92 Å². The number of ether oxygens (including phenoxy) is 2. The Labute approximate surface area is 96.1 Å². The monoisotopic (exact) mass is 273 g/mol. The molecule has 0 saturated heterocycles. The van der Waals surface area contributed by atoms with Crippen LogP contribution < -0.4 is 15.2 Å². The van der Waals surface area contributed by atoms with Crippen LogP contribution in [-0.2, 0) is 6.42 Å². The Kier molecular flexibility index (Phi) is 2.75. The van der Waals surface area contributed by atoms with Gasteiger partial charge >= 0.3 is 0 Å². The number of phenolic OH excluding ortho intramolecular Hbond substituents is 1. The maximum absolute atomic E-state index is 9.87. The van der Waals surface area contributed by atoms with Crippen molar-refractivity contribution in [2.24, 2.45) is 5.73 Å². The molecule has 3 N–H and O–H groups in total. The lowest BCUT2D eigenvalue weighted by Gasteiger charge is -2.11. The van der Waals surface area contributed by atoms with E-state index in [2.05, 4.69) is 15.9 Å². The predicted molar refractivity (Wildman–Crippen MR) is 59.3 cm³/mol. The highest BCUT2D eigenvalue weighted by Gasteiger charge is 2.23. The second-order valence-electron chi connectivity index (χ2n) is 3.60. The molecule has 1 aromatic carbocycles. The van der Waals surface area contributed by atoms with Crippen LogP contribution in [0.15, 0.2) is 10.5 Å². The molecule has 0 fully saturated rings. The molecule has 1 aliphatic heterocycles. The van der Waals surface area contributed by atoms with Crippen LogP contribution in [0.4, 0.5) is 0 Å². The SMILES string of the molecule is CC(N)Cc1c(O)c(Br)cc2c1OCO2. The molecule has 0 bridgehead atoms. The van der Waals surface area contributed by atoms with Crippen LogP contribution in [0.2, 0.25) is 0 Å². The molecular formula is C10H12BrNO3. The van der Waals surface area contributed by atoms with Crippen molar-refractivity contribution in [3.8, 4) is 17.2 Å². The highest BCUT2D eigenvalue weighted by Crippen LogP contribution is 2.45. The topological polar surface area (TPSA) is 64.7 Å². The molecule has 1 atom stereocenters. The Morgan fingerprint density at radius 2 is 2.33 bits per heavy atom. The first-order chi connectivity index (χ1) is 7.09. The van der Waals surface area contributed by atoms with E-state index in [-0.39, 0.29) is 18.6 Å². The Morgan fingerprint density at radius 3 is 3.00 bits per heavy atom. The van der Waals surface area contributed by atoms with Gasteiger partial charge in [-0.25, -0.2) is 0 Å². The number of hydrogen-bond acceptors (Lipinski definition) is 4. The van der Waals surface area contributed by atoms with Crippen LogP contribution in [0.3, 0.4) is 0 Å². The summed E-state index contributed by atoms with van der Waals surface area (Å²) >= 11 is 3.26. The third-order valence-electron chi connectivity index (χ3n) is 2.21. The number of nitrogens with two attached hydrogens (primary N) is 1. The summed E-state index contributed by atoms with van der Waals surface area (Å²) in [5.74, 6) is 1.43. The zero-order valence-corrected chi connectivity index (χ0v) is 9.87. The van der Waals surface area contributed by atoms with Crippen molar-refractivity contribution in [2.45, 2.75) is 19.4 Å². The van der Waals surface area contributed by atoms with Crippen LogP contribution in [0.1, 0.15) is 12.5 Å². The summed E-state index contributed by atoms with van der Waals surface area (Å²) in [6, 6.07) is 1.65. The van der Waals surface area contributed by atoms with Gasteiger partial charge in [0.1, 0.15) is 5.75 Å². The fourth-order valence-corrected chi connectivity index (χ4v) is 2.03. The van der Waals surface area contributed by atoms with E-state index in [1.54, 1.807) is 6.07 Å². The zero-order chi connectivity index (χ0) is 11.0. The molecule has 0 aromatic heterocycles. The summed E-state index contributed by atoms with van der Waals surface area (Å²) < 4.78 is 11.2. The largest absolute Gasteiger partial charge is 0.506 e. The Balaban J connectivity index is 2.50. The molecule has 0 spiro atoms. The molecule has 15 heavy (non-hydrogen) atoms. The van der Waals surface area contributed by atoms with E-state index < -0.39 is 0 Å². The van der Waals surface area contributed by atoms with Gasteiger partial charge in [0.25, 0.3) is 0 Å². The summed E-state index contributed by atoms with van der Waals surface area (Å²) in [4.78, 5) is 0. The van der Waals surface area contributed by atoms with Crippen LogP contribution in [0, 0.1) is 0 Å². The molecule has 0 saturated carbocycles. The molecule has 2 rings (SSSR count). The molecule has 82 valence electrons. The second kappa shape index (κ2) is 3.90. The summed E-state index contributed by atoms with van der Waals surface area (Å²) in [5, 5.41) is 9.87. The van der Waals surface area contributed by atoms with Gasteiger partial charge < -0.3 is 20.3 Å². The van der Waals surface area contributed by atoms with E-state index in [0.29, 0.717) is 28.0 Å². The van der Waals surface area contributed by atoms with Gasteiger partial charge in [0, 0.05) is 17.7 Å². The van der Waals surface area contributed by atoms with Crippen LogP contribution >= 0.6 is 15.9 Å². The van der Waals surface area contributed by atoms with Crippen molar-refractivity contribution >= 4 is 15.9 Å². The average molecular weight is 274 g/mol. The molecule has 5 heteroatoms. The minimum atomic E-state index is -0.0431. The van der Waals surface area contributed by atoms with Crippen molar-refractivity contribution in [3.05, 3.63) is 16.1 Å². The standard InChI is InChI=1S/C10H12BrNO3/c1-5(12)2-6-9(13)7(11)3-8-10(6)15-4-14-8/h3,5,13H,2,4,12H2,1H3. The van der Waals surface area contributed by atoms with Crippen molar-refractivity contribution in [3.63, 3.8) is 0 Å². The first-order valence-electron chi connectivity index (χ1n) is 4.65. The normalized spacial score (nSPS) is 15.4. The second-order valence-corrected chi connectivity index (χ2v) is 4.46. The van der Waals surface area contributed by atoms with Crippen LogP contribution in [-0.4, -0.2) is 17.9 Å². The quantitative estimate of drug-likeness (QED) is 0.862. The van der Waals surface area contributed by atoms with E-state index in [4.69, 9.17) is 15.2 Å². The van der Waals surface area contributed by atoms with E-state index in [1.165, 1.54) is 0 Å². The number of hydrogen-bond donors (Lipinski definition) is 2. The maximum Gasteiger partial charge on any atom is 0.231 e. The number of phenols is 1. The Morgan fingerprint density at radius 1 is 1.60 bits per heavy atom. The van der Waals surface area contributed by atoms with E-state index in [0.717, 1.165) is 0 Å². The van der Waals surface area contributed by atoms with Gasteiger partial charge in [-0.15, -0.1) is 0 Å². The highest BCUT2D eigenvalue weighted by atomic mass is 79.9. The van der Waals surface area contributed by atoms with Crippen molar-refractivity contribution in [1.29, 1.82) is 0 Å². The van der Waals surface area contributed by atoms with E-state index >= 15 is 0 Å². The molecule has 0 radical (unpaired) electrons. The van der Waals surface area contributed by atoms with E-state index in [9.17, 15) is 5.11 Å². The lowest BCUT2D eigenvalue weighted by atomic mass is 10.0. The summed E-state index contributed by atoms with van der Waals surface area (Å²) in [7, 11) is 0. The van der Waals surface area contributed by atoms with Gasteiger partial charge in [0.05, 0.1) is 4.47 Å². The molecule has 1 heterocycles. The molecular weight excluding hydrogens is 262 g/mol. The van der Waals surface area contributed by atoms with Gasteiger partial charge in [0.15, 0.2) is 11.5 Å². The molecule has 1 aromatic rings. The predicted octanol–water partition coefficient (Wildman–Crippen LogP) is 1.77. The summed E-state index contributed by atoms with van der Waals surface area (Å²) in [6.07, 6.45) is 0.553. The number of aromatic hydroxyl groups is 1. The van der Waals surface area contributed by atoms with Gasteiger partial charge in [-0.2, -0.15) is 0 Å². The molecule has 4 nitrogen and oxygen atoms in total. The third-order valence-corrected chi connectivity index (χ3v) is 2.82. The molecule has 0 amide bonds. The lowest BCUT2D eigenvalue weighted by Crippen LogP contribution is -2.18. The summed E-state index contributed by atoms with van der Waals surface area (Å²) in [6.45, 7) is 2.07. The first kappa shape index (κ1) is 10.6. The fourth-order valence-electron chi connectivity index (χ4n) is 1.58. The number of fused-ring (bicyclic) bond motifs is 1. The highest BCUT2D eigenvalue weighted by molar-refractivity contribution is 9.10. The fraction of sp³-hybridized carbons (Fsp3) is 0.400. The Bertz CT molecular complexity index is 393. The molecule has 1 aliphatic rings. The van der Waals surface area contributed by atoms with Crippen molar-refractivity contribution < 1.29 is 14.6 Å². The number of rotatable bonds is 2. The zero-order valence-electron chi connectivity index (χ0n) is 8.29. The van der Waals surface area contributed by atoms with Gasteiger partial charge in [-0.3, -0.25) is 0 Å². The van der Waals surface area contributed by atoms with Crippen LogP contribution in [0.25, 0.3) is 0 Å². The van der Waals surface area contributed by atoms with Gasteiger partial charge in [0.2, 0.25) is 6.79 Å². The van der Waals surface area contributed by atoms with Crippen LogP contribution in [0.5, 0.6) is 17.2 Å². The Hall–Kier alpha value is -0.940. The number of benzene rings is 1. The molecule has 1 unspecified atom stereocenters. The molecule has 0 aliphatic carbocycles. The van der Waals surface area contributed by atoms with Crippen molar-refractivity contribution in [2.75, 3.05) is 6.79 Å². The first-order valence-corrected chi connectivity index (χ1v) is 5.44. The minimum absolute atomic E-state index is 0.0431. The van der Waals surface area contributed by atoms with Crippen molar-refractivity contribution in [1.82, 2.24) is 0 Å². The lowest BCUT2D eigenvalue weighted by molar-refractivity contribution is 0.173. The maximum atomic E-state index is 9.87. The smallest absolute Gasteiger partial charge is 0.231 e. The third kappa shape index (κ3) is 1.89. The number of halogens is 1. The average Bonchev–Trinajstić information content (AvgIpc) is 2.59. The minimum Gasteiger partial charge on any atom is -0.506 e. The van der Waals surface area contributed by atoms with Gasteiger partial charge in [-0.05, 0) is 29.3 Å².